The molecule has 1 aliphatic rings. The molecule has 0 bridgehead atoms. The third kappa shape index (κ3) is 2.76. The van der Waals surface area contributed by atoms with Crippen LogP contribution in [0.3, 0.4) is 0 Å². The van der Waals surface area contributed by atoms with Crippen molar-refractivity contribution in [1.82, 2.24) is 0 Å². The molecule has 8 heteroatoms. The van der Waals surface area contributed by atoms with Crippen LogP contribution in [-0.4, -0.2) is 21.9 Å². The van der Waals surface area contributed by atoms with Crippen LogP contribution in [0.4, 0.5) is 11.4 Å². The molecule has 1 aromatic carbocycles. The molecule has 21 heavy (non-hydrogen) atoms. The molecule has 1 fully saturated rings. The van der Waals surface area contributed by atoms with Crippen molar-refractivity contribution in [3.05, 3.63) is 32.8 Å². The molecule has 0 unspecified atom stereocenters. The van der Waals surface area contributed by atoms with E-state index in [0.29, 0.717) is 4.47 Å². The van der Waals surface area contributed by atoms with Crippen LogP contribution >= 0.6 is 15.9 Å². The van der Waals surface area contributed by atoms with Gasteiger partial charge >= 0.3 is 5.97 Å². The number of nitro benzene ring substituents is 1. The van der Waals surface area contributed by atoms with Gasteiger partial charge in [0.1, 0.15) is 5.69 Å². The SMILES string of the molecule is CC1(C)[C@H](C(=O)O)[C@@H]1C(=O)Nc1ccc(Br)cc1[N+](=O)[O-]. The monoisotopic (exact) mass is 356 g/mol. The van der Waals surface area contributed by atoms with Gasteiger partial charge in [-0.1, -0.05) is 29.8 Å². The van der Waals surface area contributed by atoms with Gasteiger partial charge in [0, 0.05) is 10.5 Å². The Labute approximate surface area is 128 Å². The molecule has 2 N–H and O–H groups in total. The summed E-state index contributed by atoms with van der Waals surface area (Å²) >= 11 is 3.12. The molecule has 0 aliphatic heterocycles. The smallest absolute Gasteiger partial charge is 0.307 e. The summed E-state index contributed by atoms with van der Waals surface area (Å²) in [6.45, 7) is 3.37. The lowest BCUT2D eigenvalue weighted by Crippen LogP contribution is -2.18. The summed E-state index contributed by atoms with van der Waals surface area (Å²) in [6.07, 6.45) is 0. The van der Waals surface area contributed by atoms with Gasteiger partial charge in [-0.3, -0.25) is 19.7 Å². The van der Waals surface area contributed by atoms with Crippen molar-refractivity contribution in [2.45, 2.75) is 13.8 Å². The van der Waals surface area contributed by atoms with Crippen molar-refractivity contribution in [2.24, 2.45) is 17.3 Å². The predicted molar refractivity (Wildman–Crippen MR) is 77.8 cm³/mol. The van der Waals surface area contributed by atoms with E-state index in [1.807, 2.05) is 0 Å². The van der Waals surface area contributed by atoms with Crippen LogP contribution in [-0.2, 0) is 9.59 Å². The van der Waals surface area contributed by atoms with E-state index in [-0.39, 0.29) is 11.4 Å². The maximum Gasteiger partial charge on any atom is 0.307 e. The molecule has 112 valence electrons. The number of nitrogens with one attached hydrogen (secondary N) is 1. The molecule has 1 saturated carbocycles. The van der Waals surface area contributed by atoms with Gasteiger partial charge in [0.25, 0.3) is 5.69 Å². The number of hydrogen-bond donors (Lipinski definition) is 2. The number of carbonyl (C=O) groups excluding carboxylic acids is 1. The van der Waals surface area contributed by atoms with Gasteiger partial charge in [-0.05, 0) is 17.5 Å². The van der Waals surface area contributed by atoms with E-state index in [0.717, 1.165) is 0 Å². The Kier molecular flexibility index (Phi) is 3.75. The van der Waals surface area contributed by atoms with Crippen LogP contribution in [0.5, 0.6) is 0 Å². The van der Waals surface area contributed by atoms with E-state index in [1.165, 1.54) is 12.1 Å². The Morgan fingerprint density at radius 2 is 2.00 bits per heavy atom. The minimum Gasteiger partial charge on any atom is -0.481 e. The van der Waals surface area contributed by atoms with Crippen molar-refractivity contribution in [3.63, 3.8) is 0 Å². The molecule has 2 atom stereocenters. The summed E-state index contributed by atoms with van der Waals surface area (Å²) in [6, 6.07) is 4.25. The van der Waals surface area contributed by atoms with E-state index in [9.17, 15) is 19.7 Å². The topological polar surface area (TPSA) is 110 Å². The van der Waals surface area contributed by atoms with E-state index in [4.69, 9.17) is 5.11 Å². The highest BCUT2D eigenvalue weighted by atomic mass is 79.9. The van der Waals surface area contributed by atoms with Crippen molar-refractivity contribution >= 4 is 39.2 Å². The fraction of sp³-hybridized carbons (Fsp3) is 0.385. The summed E-state index contributed by atoms with van der Waals surface area (Å²) < 4.78 is 0.516. The van der Waals surface area contributed by atoms with Crippen LogP contribution in [0.2, 0.25) is 0 Å². The maximum absolute atomic E-state index is 12.2. The number of hydrogen-bond acceptors (Lipinski definition) is 4. The highest BCUT2D eigenvalue weighted by Crippen LogP contribution is 2.58. The van der Waals surface area contributed by atoms with Crippen molar-refractivity contribution in [3.8, 4) is 0 Å². The van der Waals surface area contributed by atoms with Gasteiger partial charge in [0.2, 0.25) is 5.91 Å². The Morgan fingerprint density at radius 1 is 1.38 bits per heavy atom. The number of carboxylic acid groups (broad SMARTS) is 1. The molecule has 0 aromatic heterocycles. The van der Waals surface area contributed by atoms with Crippen molar-refractivity contribution in [1.29, 1.82) is 0 Å². The second kappa shape index (κ2) is 5.10. The maximum atomic E-state index is 12.2. The number of anilines is 1. The number of halogens is 1. The first kappa shape index (κ1) is 15.4. The van der Waals surface area contributed by atoms with Gasteiger partial charge < -0.3 is 10.4 Å². The van der Waals surface area contributed by atoms with Gasteiger partial charge in [0.15, 0.2) is 0 Å². The molecule has 2 rings (SSSR count). The third-order valence-corrected chi connectivity index (χ3v) is 4.28. The molecular weight excluding hydrogens is 344 g/mol. The number of aliphatic carboxylic acids is 1. The Bertz CT molecular complexity index is 643. The highest BCUT2D eigenvalue weighted by Gasteiger charge is 2.66. The summed E-state index contributed by atoms with van der Waals surface area (Å²) in [4.78, 5) is 33.6. The summed E-state index contributed by atoms with van der Waals surface area (Å²) in [5, 5.41) is 22.5. The molecule has 0 heterocycles. The van der Waals surface area contributed by atoms with Crippen LogP contribution in [0.15, 0.2) is 22.7 Å². The molecular formula is C13H13BrN2O5. The molecule has 1 aliphatic carbocycles. The number of benzene rings is 1. The Balaban J connectivity index is 2.22. The lowest BCUT2D eigenvalue weighted by molar-refractivity contribution is -0.384. The fourth-order valence-electron chi connectivity index (χ4n) is 2.56. The zero-order valence-electron chi connectivity index (χ0n) is 11.3. The molecule has 0 saturated heterocycles. The second-order valence-electron chi connectivity index (χ2n) is 5.52. The fourth-order valence-corrected chi connectivity index (χ4v) is 2.91. The normalized spacial score (nSPS) is 22.4. The molecule has 0 radical (unpaired) electrons. The number of nitrogens with zero attached hydrogens (tertiary/aromatic N) is 1. The van der Waals surface area contributed by atoms with Crippen LogP contribution < -0.4 is 5.32 Å². The van der Waals surface area contributed by atoms with E-state index in [1.54, 1.807) is 19.9 Å². The van der Waals surface area contributed by atoms with Gasteiger partial charge in [-0.15, -0.1) is 0 Å². The first-order valence-corrected chi connectivity index (χ1v) is 6.93. The zero-order chi connectivity index (χ0) is 15.9. The Hall–Kier alpha value is -1.96. The van der Waals surface area contributed by atoms with Crippen LogP contribution in [0.1, 0.15) is 13.8 Å². The second-order valence-corrected chi connectivity index (χ2v) is 6.44. The Morgan fingerprint density at radius 3 is 2.48 bits per heavy atom. The quantitative estimate of drug-likeness (QED) is 0.636. The van der Waals surface area contributed by atoms with Crippen molar-refractivity contribution < 1.29 is 19.6 Å². The van der Waals surface area contributed by atoms with Crippen LogP contribution in [0, 0.1) is 27.4 Å². The molecule has 7 nitrogen and oxygen atoms in total. The number of carbonyl (C=O) groups is 2. The number of rotatable bonds is 4. The summed E-state index contributed by atoms with van der Waals surface area (Å²) in [5.74, 6) is -3.02. The number of amides is 1. The molecule has 1 aromatic rings. The van der Waals surface area contributed by atoms with Crippen LogP contribution in [0.25, 0.3) is 0 Å². The van der Waals surface area contributed by atoms with Gasteiger partial charge in [0.05, 0.1) is 16.8 Å². The minimum absolute atomic E-state index is 0.0556. The van der Waals surface area contributed by atoms with Crippen molar-refractivity contribution in [2.75, 3.05) is 5.32 Å². The average Bonchev–Trinajstić information content (AvgIpc) is 2.94. The van der Waals surface area contributed by atoms with E-state index < -0.39 is 34.1 Å². The van der Waals surface area contributed by atoms with E-state index in [2.05, 4.69) is 21.2 Å². The summed E-state index contributed by atoms with van der Waals surface area (Å²) in [5.41, 5.74) is -0.844. The molecule has 1 amide bonds. The predicted octanol–water partition coefficient (Wildman–Crippen LogP) is 2.65. The average molecular weight is 357 g/mol. The molecule has 0 spiro atoms. The third-order valence-electron chi connectivity index (χ3n) is 3.79. The van der Waals surface area contributed by atoms with Gasteiger partial charge in [-0.25, -0.2) is 0 Å². The standard InChI is InChI=1S/C13H13BrN2O5/c1-13(2)9(10(13)12(18)19)11(17)15-7-4-3-6(14)5-8(7)16(20)21/h3-5,9-10H,1-2H3,(H,15,17)(H,18,19)/t9-,10+/m1/s1. The first-order valence-electron chi connectivity index (χ1n) is 6.14. The number of carboxylic acids is 1. The van der Waals surface area contributed by atoms with E-state index >= 15 is 0 Å². The highest BCUT2D eigenvalue weighted by molar-refractivity contribution is 9.10. The number of nitro groups is 1. The lowest BCUT2D eigenvalue weighted by atomic mass is 10.1. The van der Waals surface area contributed by atoms with Gasteiger partial charge in [-0.2, -0.15) is 0 Å². The minimum atomic E-state index is -1.04. The largest absolute Gasteiger partial charge is 0.481 e. The zero-order valence-corrected chi connectivity index (χ0v) is 12.9. The summed E-state index contributed by atoms with van der Waals surface area (Å²) in [7, 11) is 0. The first-order chi connectivity index (χ1) is 9.66. The lowest BCUT2D eigenvalue weighted by Gasteiger charge is -2.07.